The van der Waals surface area contributed by atoms with E-state index in [4.69, 9.17) is 4.42 Å². The molecule has 1 atom stereocenters. The maximum Gasteiger partial charge on any atom is 0.295 e. The van der Waals surface area contributed by atoms with Crippen molar-refractivity contribution in [1.29, 1.82) is 0 Å². The molecule has 140 valence electrons. The zero-order valence-corrected chi connectivity index (χ0v) is 15.1. The Morgan fingerprint density at radius 1 is 1.21 bits per heavy atom. The predicted octanol–water partition coefficient (Wildman–Crippen LogP) is 1.22. The normalized spacial score (nSPS) is 18.6. The Morgan fingerprint density at radius 3 is 2.64 bits per heavy atom. The number of hydrogen-bond donors (Lipinski definition) is 0. The SMILES string of the molecule is Cc1ccc(C2C(=C([O-])c3ccncc3)C(=O)C(=O)N2Cc2ccc[nH+]c2)o1. The van der Waals surface area contributed by atoms with E-state index in [9.17, 15) is 14.7 Å². The fourth-order valence-corrected chi connectivity index (χ4v) is 3.31. The van der Waals surface area contributed by atoms with Gasteiger partial charge in [0.1, 0.15) is 17.6 Å². The molecule has 1 aliphatic heterocycles. The van der Waals surface area contributed by atoms with Crippen molar-refractivity contribution in [3.8, 4) is 0 Å². The first-order valence-electron chi connectivity index (χ1n) is 8.74. The number of rotatable bonds is 4. The fourth-order valence-electron chi connectivity index (χ4n) is 3.31. The lowest BCUT2D eigenvalue weighted by Crippen LogP contribution is -2.29. The molecule has 3 aromatic rings. The van der Waals surface area contributed by atoms with Crippen LogP contribution in [0.2, 0.25) is 0 Å². The number of aryl methyl sites for hydroxylation is 1. The number of pyridine rings is 2. The highest BCUT2D eigenvalue weighted by molar-refractivity contribution is 6.46. The number of furan rings is 1. The largest absolute Gasteiger partial charge is 0.872 e. The van der Waals surface area contributed by atoms with Crippen molar-refractivity contribution in [3.63, 3.8) is 0 Å². The van der Waals surface area contributed by atoms with Crippen molar-refractivity contribution < 1.29 is 24.1 Å². The minimum atomic E-state index is -0.880. The van der Waals surface area contributed by atoms with Crippen molar-refractivity contribution in [3.05, 3.63) is 89.4 Å². The summed E-state index contributed by atoms with van der Waals surface area (Å²) in [5.74, 6) is -1.01. The molecule has 7 heteroatoms. The van der Waals surface area contributed by atoms with E-state index in [2.05, 4.69) is 9.97 Å². The monoisotopic (exact) mass is 375 g/mol. The Hall–Kier alpha value is -3.74. The zero-order chi connectivity index (χ0) is 19.7. The third kappa shape index (κ3) is 3.07. The second kappa shape index (κ2) is 7.11. The van der Waals surface area contributed by atoms with E-state index in [1.165, 1.54) is 29.4 Å². The van der Waals surface area contributed by atoms with E-state index in [1.54, 1.807) is 37.5 Å². The van der Waals surface area contributed by atoms with Gasteiger partial charge in [-0.25, -0.2) is 4.98 Å². The van der Waals surface area contributed by atoms with Gasteiger partial charge >= 0.3 is 0 Å². The maximum atomic E-state index is 13.1. The average Bonchev–Trinajstić information content (AvgIpc) is 3.25. The van der Waals surface area contributed by atoms with Gasteiger partial charge in [0.15, 0.2) is 12.4 Å². The minimum absolute atomic E-state index is 0.106. The van der Waals surface area contributed by atoms with Gasteiger partial charge < -0.3 is 14.4 Å². The molecule has 1 fully saturated rings. The highest BCUT2D eigenvalue weighted by atomic mass is 16.3. The lowest BCUT2D eigenvalue weighted by molar-refractivity contribution is -0.378. The summed E-state index contributed by atoms with van der Waals surface area (Å²) >= 11 is 0. The van der Waals surface area contributed by atoms with Crippen LogP contribution in [0.1, 0.15) is 28.7 Å². The van der Waals surface area contributed by atoms with Crippen LogP contribution in [-0.4, -0.2) is 21.6 Å². The molecular formula is C21H17N3O4. The van der Waals surface area contributed by atoms with Crippen LogP contribution < -0.4 is 10.1 Å². The number of carbonyl (C=O) groups is 2. The summed E-state index contributed by atoms with van der Waals surface area (Å²) in [6.45, 7) is 1.93. The van der Waals surface area contributed by atoms with Crippen LogP contribution in [0.4, 0.5) is 0 Å². The zero-order valence-electron chi connectivity index (χ0n) is 15.1. The number of nitrogens with zero attached hydrogens (tertiary/aromatic N) is 2. The molecule has 1 unspecified atom stereocenters. The van der Waals surface area contributed by atoms with Crippen LogP contribution >= 0.6 is 0 Å². The first kappa shape index (κ1) is 17.7. The molecule has 0 saturated carbocycles. The van der Waals surface area contributed by atoms with E-state index in [0.717, 1.165) is 5.56 Å². The Labute approximate surface area is 161 Å². The first-order valence-corrected chi connectivity index (χ1v) is 8.74. The van der Waals surface area contributed by atoms with Gasteiger partial charge in [0.25, 0.3) is 5.91 Å². The lowest BCUT2D eigenvalue weighted by Gasteiger charge is -2.25. The van der Waals surface area contributed by atoms with Crippen molar-refractivity contribution in [2.24, 2.45) is 0 Å². The van der Waals surface area contributed by atoms with E-state index in [1.807, 2.05) is 6.07 Å². The number of H-pyrrole nitrogens is 1. The van der Waals surface area contributed by atoms with Crippen molar-refractivity contribution >= 4 is 17.4 Å². The number of nitrogens with one attached hydrogen (secondary N) is 1. The number of aromatic nitrogens is 2. The molecule has 0 bridgehead atoms. The third-order valence-corrected chi connectivity index (χ3v) is 4.63. The van der Waals surface area contributed by atoms with Crippen LogP contribution in [0.25, 0.3) is 5.76 Å². The molecule has 28 heavy (non-hydrogen) atoms. The smallest absolute Gasteiger partial charge is 0.295 e. The number of Topliss-reactive ketones (excluding diaryl/α,β-unsaturated/α-hetero) is 1. The molecule has 4 heterocycles. The average molecular weight is 375 g/mol. The van der Waals surface area contributed by atoms with Gasteiger partial charge in [0, 0.05) is 29.6 Å². The number of likely N-dealkylation sites (tertiary alicyclic amines) is 1. The lowest BCUT2D eigenvalue weighted by atomic mass is 9.99. The molecule has 1 amide bonds. The Bertz CT molecular complexity index is 1060. The topological polar surface area (TPSA) is 101 Å². The van der Waals surface area contributed by atoms with Gasteiger partial charge in [0.05, 0.1) is 6.54 Å². The van der Waals surface area contributed by atoms with Crippen molar-refractivity contribution in [2.75, 3.05) is 0 Å². The van der Waals surface area contributed by atoms with E-state index in [-0.39, 0.29) is 12.1 Å². The molecule has 1 N–H and O–H groups in total. The van der Waals surface area contributed by atoms with Crippen LogP contribution in [-0.2, 0) is 16.1 Å². The van der Waals surface area contributed by atoms with E-state index in [0.29, 0.717) is 17.1 Å². The van der Waals surface area contributed by atoms with Crippen LogP contribution in [0.5, 0.6) is 0 Å². The minimum Gasteiger partial charge on any atom is -0.872 e. The molecule has 7 nitrogen and oxygen atoms in total. The number of aromatic amines is 1. The second-order valence-electron chi connectivity index (χ2n) is 6.50. The van der Waals surface area contributed by atoms with Gasteiger partial charge in [-0.3, -0.25) is 14.6 Å². The van der Waals surface area contributed by atoms with Crippen molar-refractivity contribution in [2.45, 2.75) is 19.5 Å². The molecule has 1 saturated heterocycles. The number of amides is 1. The molecule has 3 aromatic heterocycles. The molecule has 0 aliphatic carbocycles. The standard InChI is InChI=1S/C21H17N3O4/c1-13-4-5-16(28-13)18-17(19(25)15-6-9-22-10-7-15)20(26)21(27)24(18)12-14-3-2-8-23-11-14/h2-11,18,25H,12H2,1H3. The Balaban J connectivity index is 1.85. The highest BCUT2D eigenvalue weighted by Gasteiger charge is 2.45. The Morgan fingerprint density at radius 2 is 2.00 bits per heavy atom. The highest BCUT2D eigenvalue weighted by Crippen LogP contribution is 2.40. The third-order valence-electron chi connectivity index (χ3n) is 4.63. The number of ketones is 1. The molecule has 1 aliphatic rings. The quantitative estimate of drug-likeness (QED) is 0.388. The summed E-state index contributed by atoms with van der Waals surface area (Å²) in [7, 11) is 0. The summed E-state index contributed by atoms with van der Waals surface area (Å²) in [6.07, 6.45) is 6.43. The van der Waals surface area contributed by atoms with Gasteiger partial charge in [-0.05, 0) is 42.8 Å². The second-order valence-corrected chi connectivity index (χ2v) is 6.50. The molecular weight excluding hydrogens is 358 g/mol. The number of hydrogen-bond acceptors (Lipinski definition) is 5. The molecule has 0 radical (unpaired) electrons. The molecule has 0 aromatic carbocycles. The molecule has 4 rings (SSSR count). The predicted molar refractivity (Wildman–Crippen MR) is 95.9 cm³/mol. The summed E-state index contributed by atoms with van der Waals surface area (Å²) in [5, 5.41) is 13.1. The molecule has 0 spiro atoms. The van der Waals surface area contributed by atoms with Crippen LogP contribution in [0, 0.1) is 6.92 Å². The fraction of sp³-hybridized carbons (Fsp3) is 0.143. The van der Waals surface area contributed by atoms with Gasteiger partial charge in [-0.2, -0.15) is 0 Å². The Kier molecular flexibility index (Phi) is 4.49. The summed E-state index contributed by atoms with van der Waals surface area (Å²) in [6, 6.07) is 9.23. The number of carbonyl (C=O) groups excluding carboxylic acids is 2. The van der Waals surface area contributed by atoms with Gasteiger partial charge in [-0.15, -0.1) is 0 Å². The first-order chi connectivity index (χ1) is 13.6. The van der Waals surface area contributed by atoms with Crippen LogP contribution in [0.3, 0.4) is 0 Å². The van der Waals surface area contributed by atoms with E-state index >= 15 is 0 Å². The summed E-state index contributed by atoms with van der Waals surface area (Å²) in [4.78, 5) is 33.8. The maximum absolute atomic E-state index is 13.1. The van der Waals surface area contributed by atoms with Gasteiger partial charge in [0.2, 0.25) is 5.78 Å². The van der Waals surface area contributed by atoms with Crippen molar-refractivity contribution in [1.82, 2.24) is 9.88 Å². The van der Waals surface area contributed by atoms with Gasteiger partial charge in [-0.1, -0.05) is 5.76 Å². The van der Waals surface area contributed by atoms with E-state index < -0.39 is 23.5 Å². The van der Waals surface area contributed by atoms with Crippen LogP contribution in [0.15, 0.2) is 71.2 Å². The summed E-state index contributed by atoms with van der Waals surface area (Å²) in [5.41, 5.74) is 0.995. The summed E-state index contributed by atoms with van der Waals surface area (Å²) < 4.78 is 5.71.